The summed E-state index contributed by atoms with van der Waals surface area (Å²) in [6.45, 7) is 1.92. The fourth-order valence-corrected chi connectivity index (χ4v) is 1.42. The standard InChI is InChI=1S/C8H10O2S.CH3I/c1-7-3-5-8(6-4-7)11(2,9)10;1-2/h3-6H,1-2H3;1H3. The fraction of sp³-hybridized carbons (Fsp3) is 0.333. The molecule has 0 aliphatic carbocycles. The van der Waals surface area contributed by atoms with Crippen LogP contribution in [0.5, 0.6) is 0 Å². The molecule has 0 aromatic heterocycles. The molecule has 0 heterocycles. The smallest absolute Gasteiger partial charge is 0.175 e. The number of halogens is 1. The highest BCUT2D eigenvalue weighted by atomic mass is 127. The third-order valence-corrected chi connectivity index (χ3v) is 2.58. The molecule has 4 heteroatoms. The van der Waals surface area contributed by atoms with Gasteiger partial charge >= 0.3 is 0 Å². The molecule has 2 nitrogen and oxygen atoms in total. The lowest BCUT2D eigenvalue weighted by atomic mass is 10.2. The summed E-state index contributed by atoms with van der Waals surface area (Å²) in [5.74, 6) is 0. The zero-order valence-corrected chi connectivity index (χ0v) is 10.9. The van der Waals surface area contributed by atoms with Crippen molar-refractivity contribution in [3.8, 4) is 0 Å². The molecule has 0 aliphatic rings. The minimum Gasteiger partial charge on any atom is -0.224 e. The van der Waals surface area contributed by atoms with Crippen LogP contribution in [0.1, 0.15) is 5.56 Å². The van der Waals surface area contributed by atoms with Gasteiger partial charge in [-0.25, -0.2) is 8.42 Å². The zero-order valence-electron chi connectivity index (χ0n) is 7.91. The SMILES string of the molecule is CI.Cc1ccc(S(C)(=O)=O)cc1. The van der Waals surface area contributed by atoms with Crippen molar-refractivity contribution < 1.29 is 8.42 Å². The van der Waals surface area contributed by atoms with E-state index in [0.717, 1.165) is 5.56 Å². The van der Waals surface area contributed by atoms with Crippen molar-refractivity contribution in [1.82, 2.24) is 0 Å². The Hall–Kier alpha value is -0.100. The summed E-state index contributed by atoms with van der Waals surface area (Å²) in [4.78, 5) is 2.35. The molecule has 0 saturated carbocycles. The van der Waals surface area contributed by atoms with Crippen LogP contribution in [-0.4, -0.2) is 19.6 Å². The predicted octanol–water partition coefficient (Wildman–Crippen LogP) is 2.45. The molecule has 1 aromatic rings. The van der Waals surface area contributed by atoms with Crippen LogP contribution in [0.3, 0.4) is 0 Å². The van der Waals surface area contributed by atoms with E-state index in [0.29, 0.717) is 4.90 Å². The van der Waals surface area contributed by atoms with Gasteiger partial charge in [-0.05, 0) is 24.0 Å². The normalized spacial score (nSPS) is 10.2. The van der Waals surface area contributed by atoms with Crippen LogP contribution < -0.4 is 0 Å². The third kappa shape index (κ3) is 4.61. The largest absolute Gasteiger partial charge is 0.224 e. The Bertz CT molecular complexity index is 340. The highest BCUT2D eigenvalue weighted by Gasteiger charge is 2.04. The molecule has 13 heavy (non-hydrogen) atoms. The van der Waals surface area contributed by atoms with E-state index in [2.05, 4.69) is 22.6 Å². The Morgan fingerprint density at radius 2 is 1.46 bits per heavy atom. The van der Waals surface area contributed by atoms with Crippen molar-refractivity contribution >= 4 is 32.4 Å². The van der Waals surface area contributed by atoms with Gasteiger partial charge in [-0.15, -0.1) is 0 Å². The molecule has 0 aliphatic heterocycles. The fourth-order valence-electron chi connectivity index (χ4n) is 0.785. The number of hydrogen-bond donors (Lipinski definition) is 0. The van der Waals surface area contributed by atoms with Gasteiger partial charge in [-0.2, -0.15) is 0 Å². The van der Waals surface area contributed by atoms with Gasteiger partial charge in [0.2, 0.25) is 0 Å². The van der Waals surface area contributed by atoms with E-state index in [4.69, 9.17) is 0 Å². The third-order valence-electron chi connectivity index (χ3n) is 1.45. The maximum absolute atomic E-state index is 10.9. The van der Waals surface area contributed by atoms with E-state index < -0.39 is 9.84 Å². The second kappa shape index (κ2) is 5.59. The van der Waals surface area contributed by atoms with Crippen LogP contribution in [0.15, 0.2) is 29.2 Å². The summed E-state index contributed by atoms with van der Waals surface area (Å²) in [6.07, 6.45) is 1.21. The highest BCUT2D eigenvalue weighted by molar-refractivity contribution is 14.1. The van der Waals surface area contributed by atoms with Crippen LogP contribution in [-0.2, 0) is 9.84 Å². The van der Waals surface area contributed by atoms with Crippen LogP contribution in [0.25, 0.3) is 0 Å². The van der Waals surface area contributed by atoms with Gasteiger partial charge in [-0.1, -0.05) is 40.3 Å². The quantitative estimate of drug-likeness (QED) is 0.590. The van der Waals surface area contributed by atoms with Crippen LogP contribution in [0.4, 0.5) is 0 Å². The lowest BCUT2D eigenvalue weighted by molar-refractivity contribution is 0.602. The molecule has 0 atom stereocenters. The van der Waals surface area contributed by atoms with Crippen molar-refractivity contribution in [2.75, 3.05) is 11.2 Å². The number of benzene rings is 1. The van der Waals surface area contributed by atoms with Crippen LogP contribution in [0, 0.1) is 6.92 Å². The molecular weight excluding hydrogens is 299 g/mol. The van der Waals surface area contributed by atoms with Crippen LogP contribution in [0.2, 0.25) is 0 Å². The first-order chi connectivity index (χ1) is 6.00. The topological polar surface area (TPSA) is 34.1 Å². The van der Waals surface area contributed by atoms with Crippen LogP contribution >= 0.6 is 22.6 Å². The number of sulfone groups is 1. The van der Waals surface area contributed by atoms with E-state index >= 15 is 0 Å². The Morgan fingerprint density at radius 3 is 1.77 bits per heavy atom. The van der Waals surface area contributed by atoms with Crippen molar-refractivity contribution in [2.45, 2.75) is 11.8 Å². The first-order valence-electron chi connectivity index (χ1n) is 3.65. The average molecular weight is 312 g/mol. The minimum atomic E-state index is -3.02. The highest BCUT2D eigenvalue weighted by Crippen LogP contribution is 2.08. The van der Waals surface area contributed by atoms with Gasteiger partial charge in [-0.3, -0.25) is 0 Å². The zero-order chi connectivity index (χ0) is 10.5. The first kappa shape index (κ1) is 12.9. The van der Waals surface area contributed by atoms with Crippen molar-refractivity contribution in [1.29, 1.82) is 0 Å². The lowest BCUT2D eigenvalue weighted by Gasteiger charge is -1.96. The molecule has 0 unspecified atom stereocenters. The Labute approximate surface area is 93.4 Å². The van der Waals surface area contributed by atoms with Crippen molar-refractivity contribution in [3.63, 3.8) is 0 Å². The lowest BCUT2D eigenvalue weighted by Crippen LogP contribution is -1.95. The molecule has 0 saturated heterocycles. The summed E-state index contributed by atoms with van der Waals surface area (Å²) >= 11 is 2.15. The summed E-state index contributed by atoms with van der Waals surface area (Å²) in [6, 6.07) is 6.81. The minimum absolute atomic E-state index is 0.378. The van der Waals surface area contributed by atoms with Gasteiger partial charge in [0.15, 0.2) is 9.84 Å². The summed E-state index contributed by atoms with van der Waals surface area (Å²) in [5.41, 5.74) is 1.07. The van der Waals surface area contributed by atoms with E-state index in [1.807, 2.05) is 11.9 Å². The molecule has 0 radical (unpaired) electrons. The van der Waals surface area contributed by atoms with E-state index in [1.165, 1.54) is 6.26 Å². The maximum atomic E-state index is 10.9. The second-order valence-electron chi connectivity index (χ2n) is 2.59. The summed E-state index contributed by atoms with van der Waals surface area (Å²) in [7, 11) is -3.02. The van der Waals surface area contributed by atoms with Crippen molar-refractivity contribution in [3.05, 3.63) is 29.8 Å². The molecule has 74 valence electrons. The monoisotopic (exact) mass is 312 g/mol. The van der Waals surface area contributed by atoms with Crippen molar-refractivity contribution in [2.24, 2.45) is 0 Å². The molecule has 0 amide bonds. The number of rotatable bonds is 1. The molecule has 0 spiro atoms. The Morgan fingerprint density at radius 1 is 1.08 bits per heavy atom. The Kier molecular flexibility index (Phi) is 5.55. The van der Waals surface area contributed by atoms with Gasteiger partial charge in [0, 0.05) is 6.26 Å². The van der Waals surface area contributed by atoms with E-state index in [1.54, 1.807) is 24.3 Å². The van der Waals surface area contributed by atoms with Gasteiger partial charge in [0.25, 0.3) is 0 Å². The molecule has 0 bridgehead atoms. The van der Waals surface area contributed by atoms with Gasteiger partial charge < -0.3 is 0 Å². The van der Waals surface area contributed by atoms with E-state index in [9.17, 15) is 8.42 Å². The molecule has 0 fully saturated rings. The number of hydrogen-bond acceptors (Lipinski definition) is 2. The maximum Gasteiger partial charge on any atom is 0.175 e. The summed E-state index contributed by atoms with van der Waals surface area (Å²) in [5, 5.41) is 0. The molecular formula is C9H13IO2S. The molecule has 1 aromatic carbocycles. The predicted molar refractivity (Wildman–Crippen MR) is 64.2 cm³/mol. The molecule has 0 N–H and O–H groups in total. The molecule has 1 rings (SSSR count). The first-order valence-corrected chi connectivity index (χ1v) is 7.69. The second-order valence-corrected chi connectivity index (χ2v) is 4.60. The Balaban J connectivity index is 0.000000671. The average Bonchev–Trinajstić information content (AvgIpc) is 2.07. The number of aryl methyl sites for hydroxylation is 1. The summed E-state index contributed by atoms with van der Waals surface area (Å²) < 4.78 is 21.9. The number of alkyl halides is 1. The van der Waals surface area contributed by atoms with Gasteiger partial charge in [0.05, 0.1) is 4.90 Å². The van der Waals surface area contributed by atoms with E-state index in [-0.39, 0.29) is 0 Å². The van der Waals surface area contributed by atoms with Gasteiger partial charge in [0.1, 0.15) is 0 Å².